The van der Waals surface area contributed by atoms with E-state index in [9.17, 15) is 0 Å². The Morgan fingerprint density at radius 2 is 2.47 bits per heavy atom. The van der Waals surface area contributed by atoms with Gasteiger partial charge in [0.25, 0.3) is 0 Å². The Hall–Kier alpha value is -0.970. The molecule has 0 bridgehead atoms. The highest BCUT2D eigenvalue weighted by atomic mass is 32.2. The first-order chi connectivity index (χ1) is 9.19. The maximum absolute atomic E-state index is 4.99. The van der Waals surface area contributed by atoms with Crippen LogP contribution in [0.3, 0.4) is 0 Å². The maximum Gasteiger partial charge on any atom is 0.161 e. The largest absolute Gasteiger partial charge is 0.332 e. The molecule has 1 spiro atoms. The lowest BCUT2D eigenvalue weighted by atomic mass is 9.78. The van der Waals surface area contributed by atoms with Crippen molar-refractivity contribution in [3.05, 3.63) is 12.4 Å². The monoisotopic (exact) mass is 278 g/mol. The van der Waals surface area contributed by atoms with Gasteiger partial charge in [-0.15, -0.1) is 0 Å². The Labute approximate surface area is 119 Å². The maximum atomic E-state index is 4.99. The summed E-state index contributed by atoms with van der Waals surface area (Å²) in [7, 11) is 0. The van der Waals surface area contributed by atoms with Crippen LogP contribution in [0.25, 0.3) is 0 Å². The van der Waals surface area contributed by atoms with Gasteiger partial charge >= 0.3 is 0 Å². The molecule has 19 heavy (non-hydrogen) atoms. The molecule has 0 radical (unpaired) electrons. The number of thioether (sulfide) groups is 1. The molecule has 0 saturated heterocycles. The lowest BCUT2D eigenvalue weighted by molar-refractivity contribution is 0.266. The van der Waals surface area contributed by atoms with Gasteiger partial charge in [0.1, 0.15) is 0 Å². The molecule has 4 nitrogen and oxygen atoms in total. The van der Waals surface area contributed by atoms with Gasteiger partial charge in [-0.2, -0.15) is 5.10 Å². The Kier molecular flexibility index (Phi) is 3.56. The van der Waals surface area contributed by atoms with Crippen molar-refractivity contribution in [3.63, 3.8) is 0 Å². The summed E-state index contributed by atoms with van der Waals surface area (Å²) in [6, 6.07) is 0. The van der Waals surface area contributed by atoms with Crippen LogP contribution in [0.1, 0.15) is 39.5 Å². The van der Waals surface area contributed by atoms with Crippen LogP contribution in [0.5, 0.6) is 0 Å². The Balaban J connectivity index is 1.69. The van der Waals surface area contributed by atoms with E-state index >= 15 is 0 Å². The zero-order valence-corrected chi connectivity index (χ0v) is 12.5. The molecule has 2 atom stereocenters. The van der Waals surface area contributed by atoms with Crippen LogP contribution in [-0.2, 0) is 6.54 Å². The summed E-state index contributed by atoms with van der Waals surface area (Å²) < 4.78 is 1.93. The van der Waals surface area contributed by atoms with Crippen LogP contribution in [0.2, 0.25) is 0 Å². The first kappa shape index (κ1) is 13.0. The van der Waals surface area contributed by atoms with Crippen molar-refractivity contribution < 1.29 is 0 Å². The Morgan fingerprint density at radius 3 is 3.21 bits per heavy atom. The molecule has 0 amide bonds. The normalized spacial score (nSPS) is 30.6. The van der Waals surface area contributed by atoms with Gasteiger partial charge in [-0.1, -0.05) is 31.5 Å². The number of nitrogens with one attached hydrogen (secondary N) is 1. The third-order valence-corrected chi connectivity index (χ3v) is 5.24. The van der Waals surface area contributed by atoms with Crippen LogP contribution >= 0.6 is 11.8 Å². The van der Waals surface area contributed by atoms with Crippen molar-refractivity contribution in [2.75, 3.05) is 11.1 Å². The van der Waals surface area contributed by atoms with Crippen molar-refractivity contribution in [1.29, 1.82) is 0 Å². The summed E-state index contributed by atoms with van der Waals surface area (Å²) in [5, 5.41) is 8.77. The number of aryl methyl sites for hydroxylation is 1. The van der Waals surface area contributed by atoms with E-state index in [1.807, 2.05) is 28.8 Å². The van der Waals surface area contributed by atoms with Crippen LogP contribution in [0.4, 0.5) is 5.69 Å². The highest BCUT2D eigenvalue weighted by Gasteiger charge is 2.39. The van der Waals surface area contributed by atoms with Gasteiger partial charge in [-0.3, -0.25) is 9.67 Å². The molecule has 5 heteroatoms. The van der Waals surface area contributed by atoms with Crippen LogP contribution in [0.15, 0.2) is 17.4 Å². The first-order valence-corrected chi connectivity index (χ1v) is 8.20. The van der Waals surface area contributed by atoms with Crippen LogP contribution in [0, 0.1) is 5.92 Å². The molecule has 3 rings (SSSR count). The molecule has 104 valence electrons. The molecule has 0 aromatic carbocycles. The second kappa shape index (κ2) is 5.19. The van der Waals surface area contributed by atoms with Gasteiger partial charge in [0.05, 0.1) is 17.4 Å². The zero-order valence-electron chi connectivity index (χ0n) is 11.7. The Morgan fingerprint density at radius 1 is 1.58 bits per heavy atom. The first-order valence-electron chi connectivity index (χ1n) is 7.21. The van der Waals surface area contributed by atoms with Gasteiger partial charge in [0, 0.05) is 18.5 Å². The molecule has 1 aromatic rings. The topological polar surface area (TPSA) is 42.2 Å². The van der Waals surface area contributed by atoms with E-state index in [4.69, 9.17) is 4.99 Å². The molecule has 1 N–H and O–H groups in total. The highest BCUT2D eigenvalue weighted by molar-refractivity contribution is 8.14. The summed E-state index contributed by atoms with van der Waals surface area (Å²) in [4.78, 5) is 4.99. The highest BCUT2D eigenvalue weighted by Crippen LogP contribution is 2.42. The number of nitrogens with zero attached hydrogens (tertiary/aromatic N) is 3. The number of hydrogen-bond donors (Lipinski definition) is 1. The van der Waals surface area contributed by atoms with Crippen molar-refractivity contribution in [2.45, 2.75) is 51.6 Å². The fourth-order valence-corrected chi connectivity index (χ4v) is 4.32. The number of amidine groups is 1. The lowest BCUT2D eigenvalue weighted by Crippen LogP contribution is -2.33. The van der Waals surface area contributed by atoms with Crippen molar-refractivity contribution in [2.24, 2.45) is 10.9 Å². The van der Waals surface area contributed by atoms with E-state index in [2.05, 4.69) is 24.3 Å². The quantitative estimate of drug-likeness (QED) is 0.902. The van der Waals surface area contributed by atoms with Crippen molar-refractivity contribution >= 4 is 22.6 Å². The van der Waals surface area contributed by atoms with Gasteiger partial charge in [-0.05, 0) is 25.7 Å². The SMILES string of the molecule is CCn1cc(NC2=NC3(CCCC(C)C3)CS2)cn1. The third kappa shape index (κ3) is 2.81. The van der Waals surface area contributed by atoms with Gasteiger partial charge in [-0.25, -0.2) is 0 Å². The average molecular weight is 278 g/mol. The van der Waals surface area contributed by atoms with E-state index in [0.29, 0.717) is 0 Å². The second-order valence-electron chi connectivity index (χ2n) is 5.84. The molecule has 1 aliphatic carbocycles. The molecule has 2 aliphatic rings. The fraction of sp³-hybridized carbons (Fsp3) is 0.714. The smallest absolute Gasteiger partial charge is 0.161 e. The second-order valence-corrected chi connectivity index (χ2v) is 6.81. The van der Waals surface area contributed by atoms with E-state index in [0.717, 1.165) is 29.1 Å². The fourth-order valence-electron chi connectivity index (χ4n) is 3.14. The molecular weight excluding hydrogens is 256 g/mol. The van der Waals surface area contributed by atoms with E-state index in [-0.39, 0.29) is 5.54 Å². The number of rotatable bonds is 2. The molecular formula is C14H22N4S. The predicted molar refractivity (Wildman–Crippen MR) is 81.8 cm³/mol. The van der Waals surface area contributed by atoms with E-state index in [1.165, 1.54) is 25.7 Å². The predicted octanol–water partition coefficient (Wildman–Crippen LogP) is 3.37. The van der Waals surface area contributed by atoms with Gasteiger partial charge < -0.3 is 5.32 Å². The average Bonchev–Trinajstić information content (AvgIpc) is 2.98. The number of aromatic nitrogens is 2. The zero-order chi connectivity index (χ0) is 13.3. The number of aliphatic imine (C=N–C) groups is 1. The van der Waals surface area contributed by atoms with Crippen molar-refractivity contribution in [3.8, 4) is 0 Å². The molecule has 1 aromatic heterocycles. The summed E-state index contributed by atoms with van der Waals surface area (Å²) in [5.41, 5.74) is 1.26. The molecule has 2 heterocycles. The van der Waals surface area contributed by atoms with Crippen LogP contribution < -0.4 is 5.32 Å². The summed E-state index contributed by atoms with van der Waals surface area (Å²) in [5.74, 6) is 1.96. The van der Waals surface area contributed by atoms with E-state index in [1.54, 1.807) is 0 Å². The molecule has 1 fully saturated rings. The minimum absolute atomic E-state index is 0.214. The van der Waals surface area contributed by atoms with Gasteiger partial charge in [0.2, 0.25) is 0 Å². The molecule has 1 aliphatic heterocycles. The van der Waals surface area contributed by atoms with Crippen LogP contribution in [-0.4, -0.2) is 26.2 Å². The Bertz CT molecular complexity index is 482. The summed E-state index contributed by atoms with van der Waals surface area (Å²) >= 11 is 1.86. The van der Waals surface area contributed by atoms with Crippen molar-refractivity contribution in [1.82, 2.24) is 9.78 Å². The summed E-state index contributed by atoms with van der Waals surface area (Å²) in [6.07, 6.45) is 9.11. The molecule has 1 saturated carbocycles. The minimum Gasteiger partial charge on any atom is -0.332 e. The summed E-state index contributed by atoms with van der Waals surface area (Å²) in [6.45, 7) is 5.36. The molecule has 2 unspecified atom stereocenters. The standard InChI is InChI=1S/C14H22N4S/c1-3-18-9-12(8-15-18)16-13-17-14(10-19-13)6-4-5-11(2)7-14/h8-9,11H,3-7,10H2,1-2H3,(H,16,17). The number of anilines is 1. The van der Waals surface area contributed by atoms with E-state index < -0.39 is 0 Å². The van der Waals surface area contributed by atoms with Gasteiger partial charge in [0.15, 0.2) is 5.17 Å². The minimum atomic E-state index is 0.214. The number of hydrogen-bond acceptors (Lipinski definition) is 4. The lowest BCUT2D eigenvalue weighted by Gasteiger charge is -2.33. The third-order valence-electron chi connectivity index (χ3n) is 4.09.